The first kappa shape index (κ1) is 18.2. The van der Waals surface area contributed by atoms with Crippen LogP contribution in [0.5, 0.6) is 0 Å². The predicted octanol–water partition coefficient (Wildman–Crippen LogP) is 1.18. The van der Waals surface area contributed by atoms with Gasteiger partial charge in [0, 0.05) is 37.9 Å². The van der Waals surface area contributed by atoms with E-state index in [4.69, 9.17) is 0 Å². The number of hydrogen-bond acceptors (Lipinski definition) is 5. The van der Waals surface area contributed by atoms with E-state index in [1.165, 1.54) is 11.8 Å². The van der Waals surface area contributed by atoms with Crippen molar-refractivity contribution < 1.29 is 9.59 Å². The minimum absolute atomic E-state index is 0.000407. The minimum atomic E-state index is -0.0396. The van der Waals surface area contributed by atoms with Crippen molar-refractivity contribution in [2.24, 2.45) is 0 Å². The molecule has 9 heteroatoms. The van der Waals surface area contributed by atoms with Crippen LogP contribution in [0, 0.1) is 0 Å². The number of nitrogens with zero attached hydrogens (tertiary/aromatic N) is 5. The Balaban J connectivity index is 1.49. The van der Waals surface area contributed by atoms with Crippen molar-refractivity contribution in [3.8, 4) is 0 Å². The molecule has 1 aliphatic rings. The molecule has 1 N–H and O–H groups in total. The molecule has 0 aliphatic carbocycles. The number of aromatic nitrogens is 3. The molecule has 2 aromatic heterocycles. The van der Waals surface area contributed by atoms with Crippen LogP contribution in [0.15, 0.2) is 35.5 Å². The van der Waals surface area contributed by atoms with Crippen LogP contribution >= 0.6 is 11.8 Å². The Morgan fingerprint density at radius 2 is 2.04 bits per heavy atom. The Kier molecular flexibility index (Phi) is 5.77. The molecular formula is C17H22N6O2S. The van der Waals surface area contributed by atoms with E-state index in [1.54, 1.807) is 36.3 Å². The first-order chi connectivity index (χ1) is 12.5. The summed E-state index contributed by atoms with van der Waals surface area (Å²) in [4.78, 5) is 32.4. The van der Waals surface area contributed by atoms with Crippen molar-refractivity contribution in [3.05, 3.63) is 42.0 Å². The summed E-state index contributed by atoms with van der Waals surface area (Å²) in [6.45, 7) is 2.23. The van der Waals surface area contributed by atoms with Crippen molar-refractivity contribution in [3.63, 3.8) is 0 Å². The highest BCUT2D eigenvalue weighted by Crippen LogP contribution is 2.16. The maximum Gasteiger partial charge on any atom is 0.319 e. The first-order valence-corrected chi connectivity index (χ1v) is 9.33. The van der Waals surface area contributed by atoms with E-state index in [2.05, 4.69) is 15.4 Å². The zero-order valence-corrected chi connectivity index (χ0v) is 15.7. The van der Waals surface area contributed by atoms with Gasteiger partial charge < -0.3 is 15.1 Å². The predicted molar refractivity (Wildman–Crippen MR) is 98.5 cm³/mol. The summed E-state index contributed by atoms with van der Waals surface area (Å²) in [7, 11) is 3.50. The number of carbonyl (C=O) groups excluding carboxylic acids is 2. The molecule has 0 spiro atoms. The number of nitrogens with one attached hydrogen (secondary N) is 1. The third-order valence-corrected chi connectivity index (χ3v) is 5.00. The lowest BCUT2D eigenvalue weighted by Gasteiger charge is -2.29. The fourth-order valence-electron chi connectivity index (χ4n) is 2.68. The largest absolute Gasteiger partial charge is 0.350 e. The third kappa shape index (κ3) is 4.54. The van der Waals surface area contributed by atoms with Crippen LogP contribution in [-0.4, -0.2) is 62.9 Å². The van der Waals surface area contributed by atoms with Gasteiger partial charge in [-0.15, -0.1) is 11.8 Å². The highest BCUT2D eigenvalue weighted by Gasteiger charge is 2.23. The molecule has 0 saturated carbocycles. The molecule has 1 aliphatic heterocycles. The van der Waals surface area contributed by atoms with Crippen molar-refractivity contribution in [2.75, 3.05) is 26.4 Å². The fraction of sp³-hybridized carbons (Fsp3) is 0.412. The minimum Gasteiger partial charge on any atom is -0.350 e. The average molecular weight is 374 g/mol. The summed E-state index contributed by atoms with van der Waals surface area (Å²) < 4.78 is 1.91. The molecule has 26 heavy (non-hydrogen) atoms. The Hall–Kier alpha value is -2.55. The van der Waals surface area contributed by atoms with Crippen LogP contribution < -0.4 is 5.32 Å². The Labute approximate surface area is 156 Å². The molecule has 138 valence electrons. The van der Waals surface area contributed by atoms with Gasteiger partial charge in [-0.05, 0) is 18.2 Å². The Morgan fingerprint density at radius 3 is 2.77 bits per heavy atom. The highest BCUT2D eigenvalue weighted by atomic mass is 32.2. The number of urea groups is 1. The number of pyridine rings is 1. The van der Waals surface area contributed by atoms with E-state index < -0.39 is 0 Å². The first-order valence-electron chi connectivity index (χ1n) is 8.34. The monoisotopic (exact) mass is 374 g/mol. The number of amides is 3. The van der Waals surface area contributed by atoms with Gasteiger partial charge >= 0.3 is 6.03 Å². The Bertz CT molecular complexity index is 777. The molecular weight excluding hydrogens is 352 g/mol. The molecule has 0 saturated heterocycles. The molecule has 2 aromatic rings. The topological polar surface area (TPSA) is 83.4 Å². The van der Waals surface area contributed by atoms with Gasteiger partial charge in [0.1, 0.15) is 0 Å². The molecule has 0 unspecified atom stereocenters. The molecule has 0 aromatic carbocycles. The average Bonchev–Trinajstić information content (AvgIpc) is 3.07. The van der Waals surface area contributed by atoms with Gasteiger partial charge in [0.15, 0.2) is 0 Å². The number of rotatable bonds is 5. The van der Waals surface area contributed by atoms with Crippen LogP contribution in [0.4, 0.5) is 4.79 Å². The lowest BCUT2D eigenvalue weighted by molar-refractivity contribution is -0.118. The fourth-order valence-corrected chi connectivity index (χ4v) is 3.40. The number of thioether (sulfide) groups is 1. The zero-order chi connectivity index (χ0) is 18.5. The maximum absolute atomic E-state index is 12.1. The smallest absolute Gasteiger partial charge is 0.319 e. The maximum atomic E-state index is 12.1. The van der Waals surface area contributed by atoms with E-state index in [1.807, 2.05) is 22.9 Å². The summed E-state index contributed by atoms with van der Waals surface area (Å²) in [6, 6.07) is 5.70. The summed E-state index contributed by atoms with van der Waals surface area (Å²) in [5, 5.41) is 7.41. The van der Waals surface area contributed by atoms with Gasteiger partial charge in [0.2, 0.25) is 5.91 Å². The van der Waals surface area contributed by atoms with Crippen molar-refractivity contribution in [1.82, 2.24) is 29.9 Å². The van der Waals surface area contributed by atoms with Gasteiger partial charge in [-0.25, -0.2) is 4.79 Å². The van der Waals surface area contributed by atoms with Gasteiger partial charge in [0.25, 0.3) is 0 Å². The molecule has 0 fully saturated rings. The standard InChI is InChI=1S/C17H22N6O2S/c1-21(2)17(25)22-7-8-23-14(11-22)9-13(20-23)10-19-16(24)12-26-15-3-5-18-6-4-15/h3-6,9H,7-8,10-12H2,1-2H3,(H,19,24). The summed E-state index contributed by atoms with van der Waals surface area (Å²) in [6.07, 6.45) is 3.42. The van der Waals surface area contributed by atoms with Crippen LogP contribution in [0.1, 0.15) is 11.4 Å². The number of hydrogen-bond donors (Lipinski definition) is 1. The normalized spacial score (nSPS) is 13.2. The van der Waals surface area contributed by atoms with Crippen molar-refractivity contribution in [1.29, 1.82) is 0 Å². The lowest BCUT2D eigenvalue weighted by Crippen LogP contribution is -2.43. The van der Waals surface area contributed by atoms with Crippen LogP contribution in [-0.2, 0) is 24.4 Å². The molecule has 3 amide bonds. The second kappa shape index (κ2) is 8.22. The van der Waals surface area contributed by atoms with Crippen molar-refractivity contribution >= 4 is 23.7 Å². The van der Waals surface area contributed by atoms with E-state index >= 15 is 0 Å². The molecule has 3 heterocycles. The summed E-state index contributed by atoms with van der Waals surface area (Å²) >= 11 is 1.47. The van der Waals surface area contributed by atoms with Crippen LogP contribution in [0.2, 0.25) is 0 Å². The van der Waals surface area contributed by atoms with E-state index in [0.717, 1.165) is 16.3 Å². The van der Waals surface area contributed by atoms with Gasteiger partial charge in [-0.3, -0.25) is 14.5 Å². The second-order valence-corrected chi connectivity index (χ2v) is 7.25. The van der Waals surface area contributed by atoms with Gasteiger partial charge in [-0.1, -0.05) is 0 Å². The zero-order valence-electron chi connectivity index (χ0n) is 14.9. The number of fused-ring (bicyclic) bond motifs is 1. The van der Waals surface area contributed by atoms with Crippen LogP contribution in [0.25, 0.3) is 0 Å². The second-order valence-electron chi connectivity index (χ2n) is 6.20. The number of carbonyl (C=O) groups is 2. The lowest BCUT2D eigenvalue weighted by atomic mass is 10.3. The molecule has 8 nitrogen and oxygen atoms in total. The molecule has 0 bridgehead atoms. The van der Waals surface area contributed by atoms with E-state index in [0.29, 0.717) is 31.9 Å². The summed E-state index contributed by atoms with van der Waals surface area (Å²) in [5.74, 6) is 0.310. The molecule has 0 radical (unpaired) electrons. The van der Waals surface area contributed by atoms with Crippen LogP contribution in [0.3, 0.4) is 0 Å². The Morgan fingerprint density at radius 1 is 1.27 bits per heavy atom. The quantitative estimate of drug-likeness (QED) is 0.795. The van der Waals surface area contributed by atoms with Gasteiger partial charge in [0.05, 0.1) is 36.8 Å². The molecule has 3 rings (SSSR count). The highest BCUT2D eigenvalue weighted by molar-refractivity contribution is 8.00. The molecule has 0 atom stereocenters. The van der Waals surface area contributed by atoms with Crippen molar-refractivity contribution in [2.45, 2.75) is 24.5 Å². The SMILES string of the molecule is CN(C)C(=O)N1CCn2nc(CNC(=O)CSc3ccncc3)cc2C1. The third-order valence-electron chi connectivity index (χ3n) is 3.99. The van der Waals surface area contributed by atoms with Gasteiger partial charge in [-0.2, -0.15) is 5.10 Å². The summed E-state index contributed by atoms with van der Waals surface area (Å²) in [5.41, 5.74) is 1.79. The van der Waals surface area contributed by atoms with E-state index in [9.17, 15) is 9.59 Å². The van der Waals surface area contributed by atoms with E-state index in [-0.39, 0.29) is 11.9 Å².